The summed E-state index contributed by atoms with van der Waals surface area (Å²) in [5.74, 6) is 0.246. The number of allylic oxidation sites excluding steroid dienone is 4. The summed E-state index contributed by atoms with van der Waals surface area (Å²) in [6, 6.07) is 27.4. The summed E-state index contributed by atoms with van der Waals surface area (Å²) in [6.45, 7) is 38.2. The number of rotatable bonds is 1. The van der Waals surface area contributed by atoms with E-state index in [0.29, 0.717) is 0 Å². The Balaban J connectivity index is 1.44. The van der Waals surface area contributed by atoms with Gasteiger partial charge in [0.05, 0.1) is 34.3 Å². The van der Waals surface area contributed by atoms with E-state index < -0.39 is 5.41 Å². The van der Waals surface area contributed by atoms with Gasteiger partial charge in [-0.15, -0.1) is 0 Å². The fourth-order valence-corrected chi connectivity index (χ4v) is 14.2. The summed E-state index contributed by atoms with van der Waals surface area (Å²) in [5, 5.41) is 27.4. The van der Waals surface area contributed by atoms with Crippen molar-refractivity contribution in [3.05, 3.63) is 127 Å². The molecule has 2 atom stereocenters. The average Bonchev–Trinajstić information content (AvgIpc) is 3.69. The van der Waals surface area contributed by atoms with Crippen LogP contribution in [-0.4, -0.2) is 4.40 Å². The third kappa shape index (κ3) is 4.60. The largest absolute Gasteiger partial charge is 0.311 e. The van der Waals surface area contributed by atoms with Gasteiger partial charge in [-0.25, -0.2) is 0 Å². The molecule has 0 N–H and O–H groups in total. The smallest absolute Gasteiger partial charge is 0.0998 e. The molecule has 4 aromatic carbocycles. The van der Waals surface area contributed by atoms with Gasteiger partial charge in [-0.05, 0) is 131 Å². The first-order valence-corrected chi connectivity index (χ1v) is 23.8. The number of benzene rings is 4. The number of nitrogens with zero attached hydrogens (tertiary/aromatic N) is 3. The summed E-state index contributed by atoms with van der Waals surface area (Å²) >= 11 is 0. The first-order valence-electron chi connectivity index (χ1n) is 23.8. The zero-order valence-corrected chi connectivity index (χ0v) is 40.8. The fourth-order valence-electron chi connectivity index (χ4n) is 14.2. The fraction of sp³-hybridized carbons (Fsp3) is 0.467. The number of nitriles is 2. The molecule has 3 nitrogen and oxygen atoms in total. The minimum atomic E-state index is -0.408. The van der Waals surface area contributed by atoms with E-state index in [1.807, 2.05) is 0 Å². The van der Waals surface area contributed by atoms with Gasteiger partial charge in [0.1, 0.15) is 0 Å². The van der Waals surface area contributed by atoms with Crippen molar-refractivity contribution in [3.8, 4) is 23.3 Å². The molecule has 4 heterocycles. The second kappa shape index (κ2) is 11.8. The molecule has 3 heteroatoms. The molecular formula is C60H65N3. The number of aromatic nitrogens is 1. The van der Waals surface area contributed by atoms with Crippen molar-refractivity contribution < 1.29 is 0 Å². The van der Waals surface area contributed by atoms with Crippen LogP contribution in [0.3, 0.4) is 0 Å². The summed E-state index contributed by atoms with van der Waals surface area (Å²) in [4.78, 5) is 0. The molecule has 0 saturated heterocycles. The summed E-state index contributed by atoms with van der Waals surface area (Å²) in [5.41, 5.74) is 21.1. The quantitative estimate of drug-likeness (QED) is 0.166. The molecular weight excluding hydrogens is 763 g/mol. The summed E-state index contributed by atoms with van der Waals surface area (Å²) in [6.07, 6.45) is 2.78. The third-order valence-corrected chi connectivity index (χ3v) is 18.7. The van der Waals surface area contributed by atoms with Crippen molar-refractivity contribution >= 4 is 32.8 Å². The molecule has 0 radical (unpaired) electrons. The normalized spacial score (nSPS) is 23.2. The molecule has 2 aromatic heterocycles. The van der Waals surface area contributed by atoms with Gasteiger partial charge in [-0.1, -0.05) is 153 Å². The lowest BCUT2D eigenvalue weighted by atomic mass is 9.56. The Morgan fingerprint density at radius 2 is 1.19 bits per heavy atom. The maximum Gasteiger partial charge on any atom is 0.0998 e. The molecule has 2 aliphatic heterocycles. The molecule has 63 heavy (non-hydrogen) atoms. The molecule has 6 aromatic rings. The molecule has 0 spiro atoms. The molecule has 12 rings (SSSR count). The highest BCUT2D eigenvalue weighted by Crippen LogP contribution is 2.73. The monoisotopic (exact) mass is 828 g/mol. The Kier molecular flexibility index (Phi) is 7.59. The van der Waals surface area contributed by atoms with E-state index in [1.165, 1.54) is 105 Å². The minimum absolute atomic E-state index is 0.0364. The van der Waals surface area contributed by atoms with E-state index in [2.05, 4.69) is 182 Å². The van der Waals surface area contributed by atoms with Gasteiger partial charge in [-0.2, -0.15) is 10.5 Å². The first-order chi connectivity index (χ1) is 29.2. The topological polar surface area (TPSA) is 52.0 Å². The SMILES string of the molecule is CC(C)(C)c1cc(-c2cc3c4c5n6c7c(c(C#N)c8c(c7c(c2)c36)C(C)(C)c2ccccc2C8(C)C)C2CCC5C(=C(C#N)C3=C4C(C)(C)C(C)(C)C3(C)C)C2)cc(C(C)(C)C)c1. The molecule has 1 saturated carbocycles. The Morgan fingerprint density at radius 1 is 0.635 bits per heavy atom. The number of hydrogen-bond acceptors (Lipinski definition) is 2. The number of fused-ring (bicyclic) bond motifs is 7. The van der Waals surface area contributed by atoms with Crippen LogP contribution in [-0.2, 0) is 21.7 Å². The van der Waals surface area contributed by atoms with Crippen LogP contribution in [0.5, 0.6) is 0 Å². The van der Waals surface area contributed by atoms with Crippen LogP contribution in [0.1, 0.15) is 198 Å². The predicted octanol–water partition coefficient (Wildman–Crippen LogP) is 15.8. The van der Waals surface area contributed by atoms with E-state index in [0.717, 1.165) is 30.4 Å². The highest BCUT2D eigenvalue weighted by molar-refractivity contribution is 6.22. The molecule has 320 valence electrons. The van der Waals surface area contributed by atoms with Crippen LogP contribution < -0.4 is 0 Å². The van der Waals surface area contributed by atoms with Crippen LogP contribution in [0, 0.1) is 38.9 Å². The van der Waals surface area contributed by atoms with Gasteiger partial charge in [0.15, 0.2) is 0 Å². The van der Waals surface area contributed by atoms with Crippen LogP contribution in [0.4, 0.5) is 0 Å². The molecule has 6 aliphatic rings. The zero-order valence-electron chi connectivity index (χ0n) is 40.8. The molecule has 4 aliphatic carbocycles. The lowest BCUT2D eigenvalue weighted by Crippen LogP contribution is -2.40. The lowest BCUT2D eigenvalue weighted by Gasteiger charge is -2.47. The Hall–Kier alpha value is -5.12. The second-order valence-electron chi connectivity index (χ2n) is 25.2. The first kappa shape index (κ1) is 40.6. The highest BCUT2D eigenvalue weighted by Gasteiger charge is 2.62. The van der Waals surface area contributed by atoms with Crippen molar-refractivity contribution in [3.63, 3.8) is 0 Å². The van der Waals surface area contributed by atoms with Gasteiger partial charge >= 0.3 is 0 Å². The molecule has 0 amide bonds. The summed E-state index contributed by atoms with van der Waals surface area (Å²) < 4.78 is 2.71. The molecule has 1 fully saturated rings. The van der Waals surface area contributed by atoms with Gasteiger partial charge < -0.3 is 4.40 Å². The maximum absolute atomic E-state index is 11.8. The van der Waals surface area contributed by atoms with Gasteiger partial charge in [0, 0.05) is 44.2 Å². The summed E-state index contributed by atoms with van der Waals surface area (Å²) in [7, 11) is 0. The van der Waals surface area contributed by atoms with Crippen molar-refractivity contribution in [2.45, 2.75) is 164 Å². The van der Waals surface area contributed by atoms with Gasteiger partial charge in [0.2, 0.25) is 0 Å². The maximum atomic E-state index is 11.8. The van der Waals surface area contributed by atoms with Crippen LogP contribution in [0.2, 0.25) is 0 Å². The van der Waals surface area contributed by atoms with Crippen molar-refractivity contribution in [1.82, 2.24) is 4.40 Å². The van der Waals surface area contributed by atoms with Gasteiger partial charge in [0.25, 0.3) is 0 Å². The van der Waals surface area contributed by atoms with Crippen LogP contribution >= 0.6 is 0 Å². The van der Waals surface area contributed by atoms with E-state index in [1.54, 1.807) is 0 Å². The lowest BCUT2D eigenvalue weighted by molar-refractivity contribution is 0.0718. The Morgan fingerprint density at radius 3 is 1.76 bits per heavy atom. The molecule has 2 unspecified atom stereocenters. The van der Waals surface area contributed by atoms with Crippen molar-refractivity contribution in [2.75, 3.05) is 0 Å². The van der Waals surface area contributed by atoms with Crippen molar-refractivity contribution in [2.24, 2.45) is 16.2 Å². The van der Waals surface area contributed by atoms with Crippen molar-refractivity contribution in [1.29, 1.82) is 10.5 Å². The van der Waals surface area contributed by atoms with Crippen LogP contribution in [0.25, 0.3) is 43.9 Å². The standard InChI is InChI=1S/C60H65N3/c1-54(2,3)34-23-32(24-35(28-34)55(4,5)6)33-26-38-45-49-47(56(7,8)42-19-17-18-20-43(42)57(49,9)10)41(30-62)44-31-21-22-36-37(25-31)40(29-61)48-50(59(13,14)60(15,16)58(48,11)12)46-39(27-33)51(38)63(52(36)46)53(44)45/h17-20,23-24,26-28,31,36H,21-22,25H2,1-16H3. The third-order valence-electron chi connectivity index (χ3n) is 18.7. The Labute approximate surface area is 376 Å². The number of hydrogen-bond donors (Lipinski definition) is 0. The zero-order chi connectivity index (χ0) is 45.3. The van der Waals surface area contributed by atoms with E-state index in [4.69, 9.17) is 0 Å². The van der Waals surface area contributed by atoms with E-state index in [-0.39, 0.29) is 44.3 Å². The van der Waals surface area contributed by atoms with Gasteiger partial charge in [-0.3, -0.25) is 0 Å². The highest BCUT2D eigenvalue weighted by atomic mass is 15.0. The minimum Gasteiger partial charge on any atom is -0.311 e. The second-order valence-corrected chi connectivity index (χ2v) is 25.2. The average molecular weight is 828 g/mol. The molecule has 4 bridgehead atoms. The van der Waals surface area contributed by atoms with Crippen LogP contribution in [0.15, 0.2) is 71.3 Å². The predicted molar refractivity (Wildman–Crippen MR) is 262 cm³/mol. The Bertz CT molecular complexity index is 3230. The van der Waals surface area contributed by atoms with E-state index >= 15 is 0 Å². The van der Waals surface area contributed by atoms with E-state index in [9.17, 15) is 10.5 Å².